The van der Waals surface area contributed by atoms with Gasteiger partial charge in [-0.15, -0.1) is 0 Å². The third kappa shape index (κ3) is 2.23. The Kier molecular flexibility index (Phi) is 3.34. The van der Waals surface area contributed by atoms with E-state index in [-0.39, 0.29) is 6.04 Å². The fourth-order valence-corrected chi connectivity index (χ4v) is 3.30. The van der Waals surface area contributed by atoms with Crippen molar-refractivity contribution in [2.45, 2.75) is 25.3 Å². The van der Waals surface area contributed by atoms with Crippen LogP contribution in [0.1, 0.15) is 19.3 Å². The average molecular weight is 214 g/mol. The predicted molar refractivity (Wildman–Crippen MR) is 59.2 cm³/mol. The first kappa shape index (κ1) is 10.3. The predicted octanol–water partition coefficient (Wildman–Crippen LogP) is 0.689. The molecule has 2 aliphatic heterocycles. The van der Waals surface area contributed by atoms with Gasteiger partial charge in [-0.25, -0.2) is 0 Å². The summed E-state index contributed by atoms with van der Waals surface area (Å²) in [6, 6.07) is 0.219. The molecule has 2 rings (SSSR count). The minimum Gasteiger partial charge on any atom is -0.341 e. The van der Waals surface area contributed by atoms with Gasteiger partial charge in [0.1, 0.15) is 0 Å². The van der Waals surface area contributed by atoms with Crippen molar-refractivity contribution in [3.8, 4) is 0 Å². The van der Waals surface area contributed by atoms with Crippen LogP contribution in [-0.4, -0.2) is 41.4 Å². The Morgan fingerprint density at radius 3 is 2.57 bits per heavy atom. The topological polar surface area (TPSA) is 46.3 Å². The van der Waals surface area contributed by atoms with Gasteiger partial charge in [-0.05, 0) is 30.8 Å². The number of hydrogen-bond donors (Lipinski definition) is 1. The molecule has 2 heterocycles. The zero-order valence-electron chi connectivity index (χ0n) is 8.45. The second kappa shape index (κ2) is 4.53. The van der Waals surface area contributed by atoms with Gasteiger partial charge in [-0.2, -0.15) is 11.8 Å². The Morgan fingerprint density at radius 2 is 2.00 bits per heavy atom. The van der Waals surface area contributed by atoms with Gasteiger partial charge in [-0.1, -0.05) is 0 Å². The SMILES string of the molecule is N[C@H]1CCN(C(=O)C2CCSCC2)C1. The molecule has 0 radical (unpaired) electrons. The van der Waals surface area contributed by atoms with Crippen LogP contribution in [0.15, 0.2) is 0 Å². The van der Waals surface area contributed by atoms with E-state index in [0.29, 0.717) is 11.8 Å². The van der Waals surface area contributed by atoms with E-state index in [1.165, 1.54) is 0 Å². The molecule has 0 aliphatic carbocycles. The van der Waals surface area contributed by atoms with Gasteiger partial charge in [0.05, 0.1) is 0 Å². The Balaban J connectivity index is 1.87. The normalized spacial score (nSPS) is 29.5. The van der Waals surface area contributed by atoms with Crippen LogP contribution in [0.5, 0.6) is 0 Å². The molecule has 2 N–H and O–H groups in total. The summed E-state index contributed by atoms with van der Waals surface area (Å²) in [5.41, 5.74) is 5.79. The maximum absolute atomic E-state index is 12.0. The summed E-state index contributed by atoms with van der Waals surface area (Å²) >= 11 is 1.96. The monoisotopic (exact) mass is 214 g/mol. The van der Waals surface area contributed by atoms with E-state index in [1.807, 2.05) is 16.7 Å². The standard InChI is InChI=1S/C10H18N2OS/c11-9-1-4-12(7-9)10(13)8-2-5-14-6-3-8/h8-9H,1-7,11H2/t9-/m0/s1. The number of rotatable bonds is 1. The van der Waals surface area contributed by atoms with Gasteiger partial charge >= 0.3 is 0 Å². The van der Waals surface area contributed by atoms with E-state index < -0.39 is 0 Å². The van der Waals surface area contributed by atoms with Crippen molar-refractivity contribution in [2.24, 2.45) is 11.7 Å². The molecule has 1 amide bonds. The van der Waals surface area contributed by atoms with E-state index >= 15 is 0 Å². The van der Waals surface area contributed by atoms with Crippen LogP contribution in [0.25, 0.3) is 0 Å². The summed E-state index contributed by atoms with van der Waals surface area (Å²) in [5, 5.41) is 0. The molecule has 0 aromatic heterocycles. The van der Waals surface area contributed by atoms with Crippen molar-refractivity contribution < 1.29 is 4.79 Å². The minimum atomic E-state index is 0.219. The van der Waals surface area contributed by atoms with Crippen LogP contribution in [-0.2, 0) is 4.79 Å². The number of likely N-dealkylation sites (tertiary alicyclic amines) is 1. The second-order valence-corrected chi connectivity index (χ2v) is 5.44. The van der Waals surface area contributed by atoms with Crippen molar-refractivity contribution in [2.75, 3.05) is 24.6 Å². The van der Waals surface area contributed by atoms with Gasteiger partial charge < -0.3 is 10.6 Å². The van der Waals surface area contributed by atoms with Crippen molar-refractivity contribution in [3.05, 3.63) is 0 Å². The highest BCUT2D eigenvalue weighted by atomic mass is 32.2. The molecular formula is C10H18N2OS. The third-order valence-electron chi connectivity index (χ3n) is 3.11. The highest BCUT2D eigenvalue weighted by molar-refractivity contribution is 7.99. The number of nitrogens with two attached hydrogens (primary N) is 1. The Hall–Kier alpha value is -0.220. The summed E-state index contributed by atoms with van der Waals surface area (Å²) < 4.78 is 0. The van der Waals surface area contributed by atoms with E-state index in [9.17, 15) is 4.79 Å². The first-order valence-electron chi connectivity index (χ1n) is 5.39. The molecule has 2 saturated heterocycles. The van der Waals surface area contributed by atoms with Crippen molar-refractivity contribution in [3.63, 3.8) is 0 Å². The molecule has 0 saturated carbocycles. The number of thioether (sulfide) groups is 1. The van der Waals surface area contributed by atoms with Gasteiger partial charge in [0, 0.05) is 25.0 Å². The first-order valence-corrected chi connectivity index (χ1v) is 6.55. The fourth-order valence-electron chi connectivity index (χ4n) is 2.19. The van der Waals surface area contributed by atoms with Crippen LogP contribution in [0.3, 0.4) is 0 Å². The minimum absolute atomic E-state index is 0.219. The molecular weight excluding hydrogens is 196 g/mol. The van der Waals surface area contributed by atoms with Crippen LogP contribution >= 0.6 is 11.8 Å². The molecule has 3 nitrogen and oxygen atoms in total. The summed E-state index contributed by atoms with van der Waals surface area (Å²) in [5.74, 6) is 2.95. The van der Waals surface area contributed by atoms with Crippen molar-refractivity contribution in [1.29, 1.82) is 0 Å². The molecule has 0 aromatic carbocycles. The smallest absolute Gasteiger partial charge is 0.225 e. The lowest BCUT2D eigenvalue weighted by Crippen LogP contribution is -2.37. The van der Waals surface area contributed by atoms with Crippen LogP contribution in [0.4, 0.5) is 0 Å². The van der Waals surface area contributed by atoms with E-state index in [4.69, 9.17) is 5.73 Å². The fraction of sp³-hybridized carbons (Fsp3) is 0.900. The van der Waals surface area contributed by atoms with Gasteiger partial charge in [0.2, 0.25) is 5.91 Å². The Labute approximate surface area is 89.4 Å². The van der Waals surface area contributed by atoms with Gasteiger partial charge in [0.25, 0.3) is 0 Å². The average Bonchev–Trinajstić information content (AvgIpc) is 2.65. The molecule has 0 aromatic rings. The molecule has 80 valence electrons. The molecule has 0 bridgehead atoms. The summed E-state index contributed by atoms with van der Waals surface area (Å²) in [7, 11) is 0. The zero-order chi connectivity index (χ0) is 9.97. The quantitative estimate of drug-likeness (QED) is 0.698. The molecule has 4 heteroatoms. The van der Waals surface area contributed by atoms with Crippen molar-refractivity contribution in [1.82, 2.24) is 4.90 Å². The van der Waals surface area contributed by atoms with Crippen molar-refractivity contribution >= 4 is 17.7 Å². The van der Waals surface area contributed by atoms with Crippen LogP contribution in [0.2, 0.25) is 0 Å². The number of nitrogens with zero attached hydrogens (tertiary/aromatic N) is 1. The molecule has 2 aliphatic rings. The molecule has 0 spiro atoms. The molecule has 14 heavy (non-hydrogen) atoms. The summed E-state index contributed by atoms with van der Waals surface area (Å²) in [4.78, 5) is 14.0. The lowest BCUT2D eigenvalue weighted by molar-refractivity contribution is -0.134. The largest absolute Gasteiger partial charge is 0.341 e. The van der Waals surface area contributed by atoms with E-state index in [0.717, 1.165) is 43.9 Å². The highest BCUT2D eigenvalue weighted by Crippen LogP contribution is 2.25. The number of amides is 1. The molecule has 0 unspecified atom stereocenters. The van der Waals surface area contributed by atoms with E-state index in [1.54, 1.807) is 0 Å². The maximum atomic E-state index is 12.0. The zero-order valence-corrected chi connectivity index (χ0v) is 9.26. The molecule has 1 atom stereocenters. The Bertz CT molecular complexity index is 209. The lowest BCUT2D eigenvalue weighted by atomic mass is 10.0. The second-order valence-electron chi connectivity index (χ2n) is 4.22. The lowest BCUT2D eigenvalue weighted by Gasteiger charge is -2.25. The van der Waals surface area contributed by atoms with Gasteiger partial charge in [0.15, 0.2) is 0 Å². The summed E-state index contributed by atoms with van der Waals surface area (Å²) in [6.07, 6.45) is 3.11. The van der Waals surface area contributed by atoms with Gasteiger partial charge in [-0.3, -0.25) is 4.79 Å². The Morgan fingerprint density at radius 1 is 1.29 bits per heavy atom. The van der Waals surface area contributed by atoms with Crippen LogP contribution in [0, 0.1) is 5.92 Å². The molecule has 2 fully saturated rings. The van der Waals surface area contributed by atoms with Crippen LogP contribution < -0.4 is 5.73 Å². The summed E-state index contributed by atoms with van der Waals surface area (Å²) in [6.45, 7) is 1.66. The third-order valence-corrected chi connectivity index (χ3v) is 4.16. The number of carbonyl (C=O) groups is 1. The highest BCUT2D eigenvalue weighted by Gasteiger charge is 2.30. The number of carbonyl (C=O) groups excluding carboxylic acids is 1. The maximum Gasteiger partial charge on any atom is 0.225 e. The number of hydrogen-bond acceptors (Lipinski definition) is 3. The first-order chi connectivity index (χ1) is 6.77. The van der Waals surface area contributed by atoms with E-state index in [2.05, 4.69) is 0 Å².